The molecule has 0 unspecified atom stereocenters. The molecule has 0 fully saturated rings. The Morgan fingerprint density at radius 3 is 2.24 bits per heavy atom. The normalized spacial score (nSPS) is 10.2. The van der Waals surface area contributed by atoms with E-state index in [1.165, 1.54) is 0 Å². The first-order chi connectivity index (χ1) is 10.0. The van der Waals surface area contributed by atoms with Gasteiger partial charge in [0.1, 0.15) is 0 Å². The smallest absolute Gasteiger partial charge is 0.253 e. The molecule has 0 aliphatic heterocycles. The molecule has 4 nitrogen and oxygen atoms in total. The highest BCUT2D eigenvalue weighted by molar-refractivity contribution is 5.94. The molecule has 1 aromatic heterocycles. The number of nitriles is 1. The Bertz CT molecular complexity index is 658. The second-order valence-corrected chi connectivity index (χ2v) is 5.13. The van der Waals surface area contributed by atoms with Crippen LogP contribution in [0.1, 0.15) is 28.2 Å². The quantitative estimate of drug-likeness (QED) is 0.864. The van der Waals surface area contributed by atoms with Gasteiger partial charge in [-0.15, -0.1) is 0 Å². The fraction of sp³-hybridized carbons (Fsp3) is 0.294. The van der Waals surface area contributed by atoms with E-state index < -0.39 is 0 Å². The van der Waals surface area contributed by atoms with E-state index in [9.17, 15) is 4.79 Å². The Hall–Kier alpha value is -2.54. The highest BCUT2D eigenvalue weighted by Gasteiger charge is 2.11. The van der Waals surface area contributed by atoms with Crippen molar-refractivity contribution in [1.82, 2.24) is 9.47 Å². The van der Waals surface area contributed by atoms with Crippen LogP contribution >= 0.6 is 0 Å². The molecule has 108 valence electrons. The van der Waals surface area contributed by atoms with Gasteiger partial charge >= 0.3 is 0 Å². The van der Waals surface area contributed by atoms with E-state index in [1.807, 2.05) is 30.3 Å². The van der Waals surface area contributed by atoms with Gasteiger partial charge in [0, 0.05) is 36.2 Å². The van der Waals surface area contributed by atoms with Gasteiger partial charge in [0.05, 0.1) is 12.5 Å². The summed E-state index contributed by atoms with van der Waals surface area (Å²) in [6, 6.07) is 13.8. The van der Waals surface area contributed by atoms with Gasteiger partial charge in [-0.25, -0.2) is 0 Å². The summed E-state index contributed by atoms with van der Waals surface area (Å²) in [4.78, 5) is 13.8. The zero-order chi connectivity index (χ0) is 15.4. The first kappa shape index (κ1) is 14.9. The summed E-state index contributed by atoms with van der Waals surface area (Å²) < 4.78 is 2.15. The summed E-state index contributed by atoms with van der Waals surface area (Å²) in [5.74, 6) is -0.0576. The second kappa shape index (κ2) is 6.27. The molecule has 0 saturated carbocycles. The van der Waals surface area contributed by atoms with Gasteiger partial charge in [0.15, 0.2) is 0 Å². The summed E-state index contributed by atoms with van der Waals surface area (Å²) in [5, 5.41) is 8.57. The van der Waals surface area contributed by atoms with Crippen LogP contribution in [0.15, 0.2) is 36.4 Å². The van der Waals surface area contributed by atoms with Crippen molar-refractivity contribution in [2.75, 3.05) is 13.6 Å². The topological polar surface area (TPSA) is 49.0 Å². The van der Waals surface area contributed by atoms with Crippen molar-refractivity contribution >= 4 is 5.91 Å². The number of hydrogen-bond acceptors (Lipinski definition) is 2. The maximum absolute atomic E-state index is 12.2. The largest absolute Gasteiger partial charge is 0.341 e. The predicted molar refractivity (Wildman–Crippen MR) is 82.4 cm³/mol. The molecular formula is C17H19N3O. The van der Waals surface area contributed by atoms with Crippen molar-refractivity contribution in [2.45, 2.75) is 20.3 Å². The van der Waals surface area contributed by atoms with Gasteiger partial charge in [0.25, 0.3) is 5.91 Å². The minimum Gasteiger partial charge on any atom is -0.341 e. The number of nitrogens with zero attached hydrogens (tertiary/aromatic N) is 3. The molecule has 21 heavy (non-hydrogen) atoms. The number of amides is 1. The van der Waals surface area contributed by atoms with E-state index in [1.54, 1.807) is 11.9 Å². The number of aromatic nitrogens is 1. The van der Waals surface area contributed by atoms with Crippen molar-refractivity contribution in [3.05, 3.63) is 53.3 Å². The minimum atomic E-state index is -0.0576. The number of rotatable bonds is 4. The third-order valence-electron chi connectivity index (χ3n) is 3.55. The molecule has 1 amide bonds. The molecule has 1 aromatic carbocycles. The SMILES string of the molecule is Cc1ccc(C)n1-c1ccc(C(=O)N(C)CCC#N)cc1. The molecular weight excluding hydrogens is 262 g/mol. The standard InChI is InChI=1S/C17H19N3O/c1-13-5-6-14(2)20(13)16-9-7-15(8-10-16)17(21)19(3)12-4-11-18/h5-10H,4,12H2,1-3H3. The monoisotopic (exact) mass is 281 g/mol. The fourth-order valence-corrected chi connectivity index (χ4v) is 2.37. The number of benzene rings is 1. The van der Waals surface area contributed by atoms with Crippen LogP contribution in [-0.2, 0) is 0 Å². The molecule has 2 rings (SSSR count). The number of hydrogen-bond donors (Lipinski definition) is 0. The van der Waals surface area contributed by atoms with Crippen LogP contribution in [0.4, 0.5) is 0 Å². The highest BCUT2D eigenvalue weighted by atomic mass is 16.2. The summed E-state index contributed by atoms with van der Waals surface area (Å²) in [5.41, 5.74) is 4.02. The maximum Gasteiger partial charge on any atom is 0.253 e. The predicted octanol–water partition coefficient (Wildman–Crippen LogP) is 3.08. The lowest BCUT2D eigenvalue weighted by atomic mass is 10.1. The third kappa shape index (κ3) is 3.14. The lowest BCUT2D eigenvalue weighted by molar-refractivity contribution is 0.0798. The third-order valence-corrected chi connectivity index (χ3v) is 3.55. The molecule has 4 heteroatoms. The van der Waals surface area contributed by atoms with E-state index in [2.05, 4.69) is 30.5 Å². The number of aryl methyl sites for hydroxylation is 2. The first-order valence-corrected chi connectivity index (χ1v) is 6.92. The summed E-state index contributed by atoms with van der Waals surface area (Å²) in [6.45, 7) is 4.57. The summed E-state index contributed by atoms with van der Waals surface area (Å²) in [7, 11) is 1.72. The van der Waals surface area contributed by atoms with E-state index in [0.29, 0.717) is 18.5 Å². The Morgan fingerprint density at radius 1 is 1.14 bits per heavy atom. The number of carbonyl (C=O) groups excluding carboxylic acids is 1. The van der Waals surface area contributed by atoms with Crippen LogP contribution in [0.3, 0.4) is 0 Å². The molecule has 0 saturated heterocycles. The van der Waals surface area contributed by atoms with Crippen LogP contribution < -0.4 is 0 Å². The molecule has 0 aliphatic rings. The lowest BCUT2D eigenvalue weighted by Crippen LogP contribution is -2.27. The van der Waals surface area contributed by atoms with Crippen molar-refractivity contribution in [3.63, 3.8) is 0 Å². The van der Waals surface area contributed by atoms with Crippen molar-refractivity contribution in [1.29, 1.82) is 5.26 Å². The fourth-order valence-electron chi connectivity index (χ4n) is 2.37. The van der Waals surface area contributed by atoms with E-state index in [-0.39, 0.29) is 5.91 Å². The van der Waals surface area contributed by atoms with Gasteiger partial charge in [-0.2, -0.15) is 5.26 Å². The van der Waals surface area contributed by atoms with Crippen LogP contribution in [0.5, 0.6) is 0 Å². The highest BCUT2D eigenvalue weighted by Crippen LogP contribution is 2.17. The molecule has 0 spiro atoms. The van der Waals surface area contributed by atoms with E-state index in [0.717, 1.165) is 17.1 Å². The Kier molecular flexibility index (Phi) is 4.44. The molecule has 0 N–H and O–H groups in total. The van der Waals surface area contributed by atoms with Gasteiger partial charge < -0.3 is 9.47 Å². The van der Waals surface area contributed by atoms with E-state index >= 15 is 0 Å². The second-order valence-electron chi connectivity index (χ2n) is 5.13. The molecule has 1 heterocycles. The van der Waals surface area contributed by atoms with Crippen LogP contribution in [-0.4, -0.2) is 29.0 Å². The molecule has 2 aromatic rings. The van der Waals surface area contributed by atoms with Crippen molar-refractivity contribution < 1.29 is 4.79 Å². The van der Waals surface area contributed by atoms with E-state index in [4.69, 9.17) is 5.26 Å². The zero-order valence-corrected chi connectivity index (χ0v) is 12.6. The summed E-state index contributed by atoms with van der Waals surface area (Å²) >= 11 is 0. The lowest BCUT2D eigenvalue weighted by Gasteiger charge is -2.16. The van der Waals surface area contributed by atoms with Gasteiger partial charge in [-0.3, -0.25) is 4.79 Å². The zero-order valence-electron chi connectivity index (χ0n) is 12.6. The minimum absolute atomic E-state index is 0.0576. The average molecular weight is 281 g/mol. The molecule has 0 atom stereocenters. The first-order valence-electron chi connectivity index (χ1n) is 6.92. The molecule has 0 bridgehead atoms. The average Bonchev–Trinajstić information content (AvgIpc) is 2.83. The van der Waals surface area contributed by atoms with Crippen molar-refractivity contribution in [3.8, 4) is 11.8 Å². The molecule has 0 aliphatic carbocycles. The maximum atomic E-state index is 12.2. The number of carbonyl (C=O) groups is 1. The van der Waals surface area contributed by atoms with Crippen LogP contribution in [0.2, 0.25) is 0 Å². The van der Waals surface area contributed by atoms with Gasteiger partial charge in [0.2, 0.25) is 0 Å². The Labute approximate surface area is 125 Å². The van der Waals surface area contributed by atoms with Crippen LogP contribution in [0.25, 0.3) is 5.69 Å². The Morgan fingerprint density at radius 2 is 1.71 bits per heavy atom. The Balaban J connectivity index is 2.20. The van der Waals surface area contributed by atoms with Gasteiger partial charge in [-0.1, -0.05) is 0 Å². The summed E-state index contributed by atoms with van der Waals surface area (Å²) in [6.07, 6.45) is 0.349. The van der Waals surface area contributed by atoms with Crippen molar-refractivity contribution in [2.24, 2.45) is 0 Å². The van der Waals surface area contributed by atoms with Crippen LogP contribution in [0, 0.1) is 25.2 Å². The molecule has 0 radical (unpaired) electrons. The van der Waals surface area contributed by atoms with Gasteiger partial charge in [-0.05, 0) is 50.2 Å².